The van der Waals surface area contributed by atoms with E-state index in [-0.39, 0.29) is 6.61 Å². The van der Waals surface area contributed by atoms with Gasteiger partial charge < -0.3 is 25.4 Å². The van der Waals surface area contributed by atoms with Crippen LogP contribution in [0.5, 0.6) is 0 Å². The van der Waals surface area contributed by atoms with Crippen molar-refractivity contribution < 1.29 is 20.1 Å². The predicted molar refractivity (Wildman–Crippen MR) is 63.4 cm³/mol. The van der Waals surface area contributed by atoms with Crippen molar-refractivity contribution in [1.82, 2.24) is 5.32 Å². The molecule has 1 fully saturated rings. The van der Waals surface area contributed by atoms with Crippen molar-refractivity contribution >= 4 is 16.9 Å². The zero-order valence-corrected chi connectivity index (χ0v) is 9.80. The minimum Gasteiger partial charge on any atom is -0.394 e. The lowest BCUT2D eigenvalue weighted by atomic mass is 9.99. The molecule has 7 heteroatoms. The molecular weight excluding hydrogens is 244 g/mol. The van der Waals surface area contributed by atoms with E-state index in [1.54, 1.807) is 0 Å². The van der Waals surface area contributed by atoms with Gasteiger partial charge in [0.15, 0.2) is 5.17 Å². The molecule has 0 saturated carbocycles. The number of aliphatic hydroxyl groups is 3. The molecule has 4 N–H and O–H groups in total. The summed E-state index contributed by atoms with van der Waals surface area (Å²) >= 11 is 1.30. The highest BCUT2D eigenvalue weighted by Crippen LogP contribution is 2.35. The van der Waals surface area contributed by atoms with E-state index in [1.807, 2.05) is 0 Å². The molecule has 0 unspecified atom stereocenters. The molecule has 2 aliphatic rings. The number of aliphatic hydroxyl groups excluding tert-OH is 3. The lowest BCUT2D eigenvalue weighted by molar-refractivity contribution is -0.164. The summed E-state index contributed by atoms with van der Waals surface area (Å²) in [5, 5.41) is 32.0. The Morgan fingerprint density at radius 1 is 1.47 bits per heavy atom. The molecular formula is C10H14N2O4S. The number of thioether (sulfide) groups is 1. The lowest BCUT2D eigenvalue weighted by Gasteiger charge is -2.37. The number of nitrogens with one attached hydrogen (secondary N) is 1. The predicted octanol–water partition coefficient (Wildman–Crippen LogP) is -1.88. The third-order valence-corrected chi connectivity index (χ3v) is 3.78. The Labute approximate surface area is 103 Å². The molecule has 17 heavy (non-hydrogen) atoms. The van der Waals surface area contributed by atoms with Gasteiger partial charge in [0.25, 0.3) is 0 Å². The molecule has 94 valence electrons. The van der Waals surface area contributed by atoms with E-state index in [2.05, 4.69) is 16.2 Å². The highest BCUT2D eigenvalue weighted by molar-refractivity contribution is 8.14. The van der Waals surface area contributed by atoms with Crippen LogP contribution in [0.1, 0.15) is 0 Å². The SMILES string of the molecule is C#CCNC1=N[C@@H]2[C@H](O)[C@@H](O)[C@@H](CO)O[C@@H]2S1. The van der Waals surface area contributed by atoms with Crippen LogP contribution in [-0.2, 0) is 4.74 Å². The number of aliphatic imine (C=N–C) groups is 1. The Morgan fingerprint density at radius 2 is 2.24 bits per heavy atom. The molecule has 0 aromatic carbocycles. The molecule has 5 atom stereocenters. The van der Waals surface area contributed by atoms with Gasteiger partial charge in [-0.15, -0.1) is 6.42 Å². The van der Waals surface area contributed by atoms with Gasteiger partial charge in [0.1, 0.15) is 29.8 Å². The summed E-state index contributed by atoms with van der Waals surface area (Å²) in [4.78, 5) is 4.20. The van der Waals surface area contributed by atoms with Crippen molar-refractivity contribution in [3.8, 4) is 12.3 Å². The summed E-state index contributed by atoms with van der Waals surface area (Å²) in [7, 11) is 0. The molecule has 2 heterocycles. The molecule has 0 aromatic heterocycles. The molecule has 0 radical (unpaired) electrons. The van der Waals surface area contributed by atoms with Crippen LogP contribution in [0.4, 0.5) is 0 Å². The highest BCUT2D eigenvalue weighted by Gasteiger charge is 2.47. The normalized spacial score (nSPS) is 40.4. The van der Waals surface area contributed by atoms with Gasteiger partial charge >= 0.3 is 0 Å². The van der Waals surface area contributed by atoms with Gasteiger partial charge in [-0.05, 0) is 0 Å². The molecule has 0 spiro atoms. The first kappa shape index (κ1) is 12.7. The van der Waals surface area contributed by atoms with Gasteiger partial charge in [0.05, 0.1) is 13.2 Å². The average molecular weight is 258 g/mol. The van der Waals surface area contributed by atoms with E-state index in [0.29, 0.717) is 11.7 Å². The van der Waals surface area contributed by atoms with Crippen LogP contribution in [0, 0.1) is 12.3 Å². The van der Waals surface area contributed by atoms with E-state index in [4.69, 9.17) is 16.3 Å². The van der Waals surface area contributed by atoms with E-state index in [0.717, 1.165) is 0 Å². The molecule has 2 rings (SSSR count). The minimum absolute atomic E-state index is 0.338. The second-order valence-corrected chi connectivity index (χ2v) is 4.89. The highest BCUT2D eigenvalue weighted by atomic mass is 32.2. The molecule has 0 aromatic rings. The number of fused-ring (bicyclic) bond motifs is 1. The second-order valence-electron chi connectivity index (χ2n) is 3.81. The summed E-state index contributed by atoms with van der Waals surface area (Å²) in [6.07, 6.45) is 2.17. The number of nitrogens with zero attached hydrogens (tertiary/aromatic N) is 1. The fourth-order valence-corrected chi connectivity index (χ4v) is 2.91. The number of ether oxygens (including phenoxy) is 1. The summed E-state index contributed by atoms with van der Waals surface area (Å²) in [6.45, 7) is 0.00246. The maximum atomic E-state index is 9.86. The third kappa shape index (κ3) is 2.41. The Kier molecular flexibility index (Phi) is 3.91. The maximum absolute atomic E-state index is 9.86. The van der Waals surface area contributed by atoms with Crippen molar-refractivity contribution in [1.29, 1.82) is 0 Å². The number of hydrogen-bond donors (Lipinski definition) is 4. The molecule has 1 saturated heterocycles. The lowest BCUT2D eigenvalue weighted by Crippen LogP contribution is -2.55. The zero-order valence-electron chi connectivity index (χ0n) is 8.98. The number of amidine groups is 1. The van der Waals surface area contributed by atoms with Gasteiger partial charge in [-0.25, -0.2) is 0 Å². The van der Waals surface area contributed by atoms with Crippen LogP contribution in [0.2, 0.25) is 0 Å². The Balaban J connectivity index is 2.04. The maximum Gasteiger partial charge on any atom is 0.160 e. The molecule has 0 bridgehead atoms. The van der Waals surface area contributed by atoms with Crippen molar-refractivity contribution in [3.63, 3.8) is 0 Å². The van der Waals surface area contributed by atoms with Crippen LogP contribution in [0.15, 0.2) is 4.99 Å². The van der Waals surface area contributed by atoms with E-state index >= 15 is 0 Å². The van der Waals surface area contributed by atoms with Crippen molar-refractivity contribution in [2.45, 2.75) is 29.8 Å². The van der Waals surface area contributed by atoms with Crippen LogP contribution < -0.4 is 5.32 Å². The number of hydrogen-bond acceptors (Lipinski definition) is 7. The summed E-state index contributed by atoms with van der Waals surface area (Å²) in [6, 6.07) is -0.530. The van der Waals surface area contributed by atoms with Gasteiger partial charge in [0.2, 0.25) is 0 Å². The van der Waals surface area contributed by atoms with Gasteiger partial charge in [-0.1, -0.05) is 17.7 Å². The molecule has 0 aliphatic carbocycles. The van der Waals surface area contributed by atoms with E-state index in [9.17, 15) is 10.2 Å². The molecule has 0 amide bonds. The minimum atomic E-state index is -1.13. The standard InChI is InChI=1S/C10H14N2O4S/c1-2-3-11-10-12-6-8(15)7(14)5(4-13)16-9(6)17-10/h1,5-9,13-15H,3-4H2,(H,11,12)/t5-,6-,7+,8+,9-/m1/s1. The Bertz CT molecular complexity index is 357. The van der Waals surface area contributed by atoms with Gasteiger partial charge in [-0.2, -0.15) is 0 Å². The number of rotatable bonds is 2. The van der Waals surface area contributed by atoms with E-state index < -0.39 is 29.8 Å². The topological polar surface area (TPSA) is 94.3 Å². The van der Waals surface area contributed by atoms with E-state index in [1.165, 1.54) is 11.8 Å². The third-order valence-electron chi connectivity index (χ3n) is 2.68. The first-order valence-electron chi connectivity index (χ1n) is 5.21. The fourth-order valence-electron chi connectivity index (χ4n) is 1.79. The first-order valence-corrected chi connectivity index (χ1v) is 6.09. The smallest absolute Gasteiger partial charge is 0.160 e. The van der Waals surface area contributed by atoms with Crippen LogP contribution >= 0.6 is 11.8 Å². The largest absolute Gasteiger partial charge is 0.394 e. The van der Waals surface area contributed by atoms with Gasteiger partial charge in [0, 0.05) is 0 Å². The van der Waals surface area contributed by atoms with Crippen LogP contribution in [-0.4, -0.2) is 63.4 Å². The van der Waals surface area contributed by atoms with Crippen molar-refractivity contribution in [2.24, 2.45) is 4.99 Å². The Morgan fingerprint density at radius 3 is 2.88 bits per heavy atom. The quantitative estimate of drug-likeness (QED) is 0.433. The van der Waals surface area contributed by atoms with Crippen molar-refractivity contribution in [2.75, 3.05) is 13.2 Å². The fraction of sp³-hybridized carbons (Fsp3) is 0.700. The summed E-state index contributed by atoms with van der Waals surface area (Å²) in [5.74, 6) is 2.42. The summed E-state index contributed by atoms with van der Waals surface area (Å²) < 4.78 is 5.45. The Hall–Kier alpha value is -0.780. The monoisotopic (exact) mass is 258 g/mol. The number of terminal acetylenes is 1. The molecule has 2 aliphatic heterocycles. The molecule has 6 nitrogen and oxygen atoms in total. The van der Waals surface area contributed by atoms with Crippen LogP contribution in [0.25, 0.3) is 0 Å². The summed E-state index contributed by atoms with van der Waals surface area (Å²) in [5.41, 5.74) is -0.397. The van der Waals surface area contributed by atoms with Crippen LogP contribution in [0.3, 0.4) is 0 Å². The first-order chi connectivity index (χ1) is 8.17. The second kappa shape index (κ2) is 5.25. The zero-order chi connectivity index (χ0) is 12.4. The van der Waals surface area contributed by atoms with Gasteiger partial charge in [-0.3, -0.25) is 4.99 Å². The van der Waals surface area contributed by atoms with Crippen molar-refractivity contribution in [3.05, 3.63) is 0 Å². The average Bonchev–Trinajstić information content (AvgIpc) is 2.74.